The van der Waals surface area contributed by atoms with Gasteiger partial charge < -0.3 is 4.52 Å². The highest BCUT2D eigenvalue weighted by atomic mass is 32.2. The van der Waals surface area contributed by atoms with Gasteiger partial charge in [-0.1, -0.05) is 24.2 Å². The molecule has 0 N–H and O–H groups in total. The largest absolute Gasteiger partial charge is 0.360 e. The van der Waals surface area contributed by atoms with E-state index in [2.05, 4.69) is 5.16 Å². The third kappa shape index (κ3) is 3.14. The van der Waals surface area contributed by atoms with E-state index >= 15 is 0 Å². The van der Waals surface area contributed by atoms with Gasteiger partial charge in [0.15, 0.2) is 5.76 Å². The Kier molecular flexibility index (Phi) is 4.43. The summed E-state index contributed by atoms with van der Waals surface area (Å²) in [6.45, 7) is 5.24. The molecule has 1 heterocycles. The van der Waals surface area contributed by atoms with Gasteiger partial charge in [-0.25, -0.2) is 12.8 Å². The third-order valence-corrected chi connectivity index (χ3v) is 5.33. The molecule has 5 nitrogen and oxygen atoms in total. The number of aryl methyl sites for hydroxylation is 2. The van der Waals surface area contributed by atoms with Crippen molar-refractivity contribution in [2.75, 3.05) is 6.54 Å². The molecule has 0 atom stereocenters. The van der Waals surface area contributed by atoms with E-state index in [4.69, 9.17) is 4.52 Å². The summed E-state index contributed by atoms with van der Waals surface area (Å²) in [6, 6.07) is 5.89. The van der Waals surface area contributed by atoms with E-state index in [1.165, 1.54) is 16.4 Å². The van der Waals surface area contributed by atoms with E-state index in [9.17, 15) is 12.8 Å². The minimum Gasteiger partial charge on any atom is -0.360 e. The third-order valence-electron chi connectivity index (χ3n) is 3.17. The number of hydrogen-bond acceptors (Lipinski definition) is 4. The predicted octanol–water partition coefficient (Wildman–Crippen LogP) is 2.64. The Bertz CT molecular complexity index is 721. The molecular weight excluding hydrogens is 295 g/mol. The van der Waals surface area contributed by atoms with Gasteiger partial charge >= 0.3 is 0 Å². The van der Waals surface area contributed by atoms with Crippen molar-refractivity contribution in [3.05, 3.63) is 47.1 Å². The molecular formula is C14H17FN2O3S. The van der Waals surface area contributed by atoms with Crippen molar-refractivity contribution in [2.24, 2.45) is 0 Å². The Morgan fingerprint density at radius 1 is 1.33 bits per heavy atom. The van der Waals surface area contributed by atoms with Crippen molar-refractivity contribution in [3.63, 3.8) is 0 Å². The molecule has 0 fully saturated rings. The lowest BCUT2D eigenvalue weighted by atomic mass is 10.2. The molecule has 2 aromatic rings. The van der Waals surface area contributed by atoms with Gasteiger partial charge in [0, 0.05) is 13.1 Å². The smallest absolute Gasteiger partial charge is 0.248 e. The van der Waals surface area contributed by atoms with Gasteiger partial charge in [0.05, 0.1) is 0 Å². The fraction of sp³-hybridized carbons (Fsp3) is 0.357. The maximum Gasteiger partial charge on any atom is 0.248 e. The zero-order valence-corrected chi connectivity index (χ0v) is 12.9. The molecule has 114 valence electrons. The number of nitrogens with zero attached hydrogens (tertiary/aromatic N) is 2. The highest BCUT2D eigenvalue weighted by Gasteiger charge is 2.30. The highest BCUT2D eigenvalue weighted by molar-refractivity contribution is 7.89. The zero-order valence-electron chi connectivity index (χ0n) is 12.1. The van der Waals surface area contributed by atoms with Gasteiger partial charge in [0.1, 0.15) is 16.4 Å². The molecule has 1 aromatic carbocycles. The van der Waals surface area contributed by atoms with Crippen LogP contribution in [0, 0.1) is 19.7 Å². The summed E-state index contributed by atoms with van der Waals surface area (Å²) in [4.78, 5) is 0.0840. The second-order valence-corrected chi connectivity index (χ2v) is 6.59. The normalized spacial score (nSPS) is 12.0. The van der Waals surface area contributed by atoms with Gasteiger partial charge in [-0.05, 0) is 31.5 Å². The van der Waals surface area contributed by atoms with Crippen molar-refractivity contribution in [2.45, 2.75) is 32.2 Å². The highest BCUT2D eigenvalue weighted by Crippen LogP contribution is 2.24. The van der Waals surface area contributed by atoms with Crippen LogP contribution in [0.5, 0.6) is 0 Å². The van der Waals surface area contributed by atoms with Crippen molar-refractivity contribution in [1.82, 2.24) is 9.46 Å². The fourth-order valence-electron chi connectivity index (χ4n) is 2.18. The van der Waals surface area contributed by atoms with Crippen LogP contribution in [-0.2, 0) is 16.6 Å². The van der Waals surface area contributed by atoms with Crippen molar-refractivity contribution in [1.29, 1.82) is 0 Å². The second kappa shape index (κ2) is 5.95. The van der Waals surface area contributed by atoms with E-state index in [1.807, 2.05) is 0 Å². The van der Waals surface area contributed by atoms with Crippen molar-refractivity contribution < 1.29 is 17.3 Å². The summed E-state index contributed by atoms with van der Waals surface area (Å²) >= 11 is 0. The van der Waals surface area contributed by atoms with Crippen LogP contribution in [0.4, 0.5) is 4.39 Å². The summed E-state index contributed by atoms with van der Waals surface area (Å²) in [6.07, 6.45) is 0. The van der Waals surface area contributed by atoms with Crippen LogP contribution in [0.3, 0.4) is 0 Å². The Labute approximate surface area is 123 Å². The number of halogens is 1. The van der Waals surface area contributed by atoms with E-state index in [1.54, 1.807) is 32.9 Å². The van der Waals surface area contributed by atoms with Crippen molar-refractivity contribution >= 4 is 10.0 Å². The van der Waals surface area contributed by atoms with Gasteiger partial charge in [0.2, 0.25) is 10.0 Å². The van der Waals surface area contributed by atoms with Crippen LogP contribution < -0.4 is 0 Å². The molecule has 0 saturated carbocycles. The Morgan fingerprint density at radius 3 is 2.57 bits per heavy atom. The molecule has 1 aromatic heterocycles. The summed E-state index contributed by atoms with van der Waals surface area (Å²) in [5, 5.41) is 3.68. The molecule has 0 aliphatic heterocycles. The first-order chi connectivity index (χ1) is 9.86. The molecule has 0 radical (unpaired) electrons. The number of rotatable bonds is 5. The lowest BCUT2D eigenvalue weighted by molar-refractivity contribution is 0.388. The van der Waals surface area contributed by atoms with E-state index in [0.29, 0.717) is 11.3 Å². The first-order valence-corrected chi connectivity index (χ1v) is 7.97. The topological polar surface area (TPSA) is 63.4 Å². The predicted molar refractivity (Wildman–Crippen MR) is 75.6 cm³/mol. The minimum absolute atomic E-state index is 0.0840. The maximum absolute atomic E-state index is 13.2. The van der Waals surface area contributed by atoms with Gasteiger partial charge in [-0.2, -0.15) is 4.31 Å². The SMILES string of the molecule is CCN(Cc1cccc(F)c1)S(=O)(=O)c1c(C)noc1C. The zero-order chi connectivity index (χ0) is 15.6. The quantitative estimate of drug-likeness (QED) is 0.851. The summed E-state index contributed by atoms with van der Waals surface area (Å²) < 4.78 is 44.8. The lowest BCUT2D eigenvalue weighted by Gasteiger charge is -2.20. The van der Waals surface area contributed by atoms with Crippen molar-refractivity contribution in [3.8, 4) is 0 Å². The first-order valence-electron chi connectivity index (χ1n) is 6.53. The Morgan fingerprint density at radius 2 is 2.05 bits per heavy atom. The summed E-state index contributed by atoms with van der Waals surface area (Å²) in [7, 11) is -3.73. The second-order valence-electron chi connectivity index (χ2n) is 4.71. The number of sulfonamides is 1. The molecule has 2 rings (SSSR count). The number of aromatic nitrogens is 1. The lowest BCUT2D eigenvalue weighted by Crippen LogP contribution is -2.31. The van der Waals surface area contributed by atoms with E-state index in [0.717, 1.165) is 0 Å². The van der Waals surface area contributed by atoms with Gasteiger partial charge in [0.25, 0.3) is 0 Å². The first kappa shape index (κ1) is 15.7. The minimum atomic E-state index is -3.73. The maximum atomic E-state index is 13.2. The molecule has 7 heteroatoms. The van der Waals surface area contributed by atoms with Crippen LogP contribution in [-0.4, -0.2) is 24.4 Å². The standard InChI is InChI=1S/C14H17FN2O3S/c1-4-17(9-12-6-5-7-13(15)8-12)21(18,19)14-10(2)16-20-11(14)3/h5-8H,4,9H2,1-3H3. The molecule has 0 spiro atoms. The van der Waals surface area contributed by atoms with Crippen LogP contribution in [0.1, 0.15) is 23.9 Å². The number of benzene rings is 1. The van der Waals surface area contributed by atoms with E-state index in [-0.39, 0.29) is 23.7 Å². The molecule has 0 saturated heterocycles. The summed E-state index contributed by atoms with van der Waals surface area (Å²) in [5.74, 6) is -0.136. The van der Waals surface area contributed by atoms with Crippen LogP contribution in [0.2, 0.25) is 0 Å². The fourth-order valence-corrected chi connectivity index (χ4v) is 3.91. The Hall–Kier alpha value is -1.73. The van der Waals surface area contributed by atoms with Crippen LogP contribution in [0.15, 0.2) is 33.7 Å². The molecule has 0 aliphatic carbocycles. The molecule has 0 bridgehead atoms. The average molecular weight is 312 g/mol. The number of hydrogen-bond donors (Lipinski definition) is 0. The molecule has 0 amide bonds. The van der Waals surface area contributed by atoms with Crippen LogP contribution >= 0.6 is 0 Å². The Balaban J connectivity index is 2.37. The van der Waals surface area contributed by atoms with E-state index < -0.39 is 15.8 Å². The van der Waals surface area contributed by atoms with Gasteiger partial charge in [-0.3, -0.25) is 0 Å². The molecule has 0 aliphatic rings. The monoisotopic (exact) mass is 312 g/mol. The molecule has 0 unspecified atom stereocenters. The average Bonchev–Trinajstić information content (AvgIpc) is 2.76. The van der Waals surface area contributed by atoms with Gasteiger partial charge in [-0.15, -0.1) is 0 Å². The molecule has 21 heavy (non-hydrogen) atoms. The summed E-state index contributed by atoms with van der Waals surface area (Å²) in [5.41, 5.74) is 0.914. The van der Waals surface area contributed by atoms with Crippen LogP contribution in [0.25, 0.3) is 0 Å².